The van der Waals surface area contributed by atoms with E-state index in [0.717, 1.165) is 12.3 Å². The highest BCUT2D eigenvalue weighted by Gasteiger charge is 2.46. The molecule has 0 aliphatic carbocycles. The summed E-state index contributed by atoms with van der Waals surface area (Å²) in [4.78, 5) is 15.8. The number of carbonyl (C=O) groups is 1. The second-order valence-corrected chi connectivity index (χ2v) is 6.43. The van der Waals surface area contributed by atoms with Crippen molar-refractivity contribution in [3.05, 3.63) is 28.2 Å². The van der Waals surface area contributed by atoms with Crippen molar-refractivity contribution in [2.24, 2.45) is 0 Å². The van der Waals surface area contributed by atoms with E-state index < -0.39 is 0 Å². The number of nitrogens with zero attached hydrogens (tertiary/aromatic N) is 2. The number of thioether (sulfide) groups is 1. The molecule has 3 rings (SSSR count). The van der Waals surface area contributed by atoms with Gasteiger partial charge in [0.05, 0.1) is 5.69 Å². The second kappa shape index (κ2) is 4.56. The van der Waals surface area contributed by atoms with Gasteiger partial charge in [0, 0.05) is 22.3 Å². The van der Waals surface area contributed by atoms with Gasteiger partial charge in [-0.05, 0) is 30.4 Å². The highest BCUT2D eigenvalue weighted by molar-refractivity contribution is 8.01. The smallest absolute Gasteiger partial charge is 0.266 e. The van der Waals surface area contributed by atoms with E-state index in [4.69, 9.17) is 35.4 Å². The van der Waals surface area contributed by atoms with Crippen LogP contribution in [-0.2, 0) is 4.79 Å². The van der Waals surface area contributed by atoms with Crippen molar-refractivity contribution in [2.45, 2.75) is 5.37 Å². The van der Waals surface area contributed by atoms with Gasteiger partial charge in [0.1, 0.15) is 0 Å². The first-order valence-electron chi connectivity index (χ1n) is 5.30. The lowest BCUT2D eigenvalue weighted by molar-refractivity contribution is -0.117. The summed E-state index contributed by atoms with van der Waals surface area (Å²) in [5.41, 5.74) is 0.637. The third-order valence-electron chi connectivity index (χ3n) is 2.87. The minimum atomic E-state index is -0.185. The van der Waals surface area contributed by atoms with Crippen molar-refractivity contribution in [1.29, 1.82) is 0 Å². The molecule has 0 saturated carbocycles. The number of amides is 1. The van der Waals surface area contributed by atoms with E-state index in [9.17, 15) is 4.79 Å². The Morgan fingerprint density at radius 1 is 1.28 bits per heavy atom. The number of benzene rings is 1. The Kier molecular flexibility index (Phi) is 3.18. The van der Waals surface area contributed by atoms with Gasteiger partial charge in [-0.15, -0.1) is 11.8 Å². The Hall–Kier alpha value is -0.490. The minimum Gasteiger partial charge on any atom is -0.327 e. The number of rotatable bonds is 1. The largest absolute Gasteiger partial charge is 0.327 e. The number of hydrogen-bond acceptors (Lipinski definition) is 3. The topological polar surface area (TPSA) is 23.6 Å². The highest BCUT2D eigenvalue weighted by atomic mass is 35.5. The number of carbonyl (C=O) groups excluding carboxylic acids is 1. The Morgan fingerprint density at radius 2 is 1.94 bits per heavy atom. The number of halogens is 2. The molecule has 2 heterocycles. The van der Waals surface area contributed by atoms with Crippen LogP contribution in [0.25, 0.3) is 0 Å². The summed E-state index contributed by atoms with van der Waals surface area (Å²) in [5, 5.41) is 1.34. The fourth-order valence-corrected chi connectivity index (χ4v) is 4.24. The molecule has 0 N–H and O–H groups in total. The van der Waals surface area contributed by atoms with Crippen LogP contribution in [0, 0.1) is 0 Å². The summed E-state index contributed by atoms with van der Waals surface area (Å²) in [6.45, 7) is 0.810. The summed E-state index contributed by atoms with van der Waals surface area (Å²) in [6.07, 6.45) is 0. The summed E-state index contributed by atoms with van der Waals surface area (Å²) >= 11 is 18.9. The monoisotopic (exact) mass is 318 g/mol. The van der Waals surface area contributed by atoms with Crippen LogP contribution in [0.3, 0.4) is 0 Å². The standard InChI is InChI=1S/C11H8Cl2N2OS2/c12-6-3-7(13)5-8(4-6)15-9(16)10-14(11(15)17)1-2-18-10/h3-5,10H,1-2H2. The minimum absolute atomic E-state index is 0.0131. The Morgan fingerprint density at radius 3 is 2.56 bits per heavy atom. The van der Waals surface area contributed by atoms with Gasteiger partial charge in [-0.1, -0.05) is 23.2 Å². The van der Waals surface area contributed by atoms with Gasteiger partial charge >= 0.3 is 0 Å². The zero-order chi connectivity index (χ0) is 12.9. The van der Waals surface area contributed by atoms with Crippen molar-refractivity contribution in [3.8, 4) is 0 Å². The lowest BCUT2D eigenvalue weighted by atomic mass is 10.3. The first kappa shape index (κ1) is 12.5. The van der Waals surface area contributed by atoms with Crippen LogP contribution in [0.2, 0.25) is 10.0 Å². The predicted molar refractivity (Wildman–Crippen MR) is 79.5 cm³/mol. The number of hydrogen-bond donors (Lipinski definition) is 0. The maximum atomic E-state index is 12.3. The van der Waals surface area contributed by atoms with Crippen LogP contribution in [0.4, 0.5) is 5.69 Å². The quantitative estimate of drug-likeness (QED) is 0.743. The van der Waals surface area contributed by atoms with Gasteiger partial charge in [-0.3, -0.25) is 9.69 Å². The molecule has 2 aliphatic heterocycles. The summed E-state index contributed by atoms with van der Waals surface area (Å²) in [5.74, 6) is 0.918. The number of anilines is 1. The third-order valence-corrected chi connectivity index (χ3v) is 4.91. The molecular formula is C11H8Cl2N2OS2. The van der Waals surface area contributed by atoms with Crippen LogP contribution in [0.15, 0.2) is 18.2 Å². The van der Waals surface area contributed by atoms with Crippen LogP contribution >= 0.6 is 47.2 Å². The molecule has 18 heavy (non-hydrogen) atoms. The molecule has 2 saturated heterocycles. The number of fused-ring (bicyclic) bond motifs is 1. The highest BCUT2D eigenvalue weighted by Crippen LogP contribution is 2.36. The van der Waals surface area contributed by atoms with E-state index in [1.165, 1.54) is 4.90 Å². The molecule has 2 aliphatic rings. The maximum absolute atomic E-state index is 12.3. The van der Waals surface area contributed by atoms with Gasteiger partial charge in [0.25, 0.3) is 5.91 Å². The summed E-state index contributed by atoms with van der Waals surface area (Å²) < 4.78 is 0. The van der Waals surface area contributed by atoms with Crippen LogP contribution < -0.4 is 4.90 Å². The van der Waals surface area contributed by atoms with Gasteiger partial charge in [0.15, 0.2) is 10.5 Å². The summed E-state index contributed by atoms with van der Waals surface area (Å²) in [7, 11) is 0. The van der Waals surface area contributed by atoms with E-state index in [1.54, 1.807) is 30.0 Å². The molecule has 3 nitrogen and oxygen atoms in total. The van der Waals surface area contributed by atoms with Gasteiger partial charge in [-0.25, -0.2) is 0 Å². The Balaban J connectivity index is 2.02. The van der Waals surface area contributed by atoms with Crippen molar-refractivity contribution in [1.82, 2.24) is 4.90 Å². The molecule has 7 heteroatoms. The molecule has 0 radical (unpaired) electrons. The number of thiocarbonyl (C=S) groups is 1. The predicted octanol–water partition coefficient (Wildman–Crippen LogP) is 3.00. The lowest BCUT2D eigenvalue weighted by Crippen LogP contribution is -2.33. The second-order valence-electron chi connectivity index (χ2n) is 4.00. The Bertz CT molecular complexity index is 510. The summed E-state index contributed by atoms with van der Waals surface area (Å²) in [6, 6.07) is 5.03. The van der Waals surface area contributed by atoms with E-state index >= 15 is 0 Å². The van der Waals surface area contributed by atoms with Crippen molar-refractivity contribution in [3.63, 3.8) is 0 Å². The van der Waals surface area contributed by atoms with E-state index in [1.807, 2.05) is 4.90 Å². The van der Waals surface area contributed by atoms with Crippen LogP contribution in [0.5, 0.6) is 0 Å². The molecule has 1 unspecified atom stereocenters. The molecule has 2 fully saturated rings. The first-order valence-corrected chi connectivity index (χ1v) is 7.51. The Labute approximate surface area is 124 Å². The fourth-order valence-electron chi connectivity index (χ4n) is 2.11. The zero-order valence-electron chi connectivity index (χ0n) is 9.10. The molecule has 0 spiro atoms. The lowest BCUT2D eigenvalue weighted by Gasteiger charge is -2.18. The average molecular weight is 319 g/mol. The fraction of sp³-hybridized carbons (Fsp3) is 0.273. The van der Waals surface area contributed by atoms with Gasteiger partial charge in [0.2, 0.25) is 0 Å². The average Bonchev–Trinajstić information content (AvgIpc) is 2.83. The van der Waals surface area contributed by atoms with E-state index in [2.05, 4.69) is 0 Å². The maximum Gasteiger partial charge on any atom is 0.266 e. The van der Waals surface area contributed by atoms with Crippen molar-refractivity contribution >= 4 is 63.9 Å². The molecule has 1 amide bonds. The van der Waals surface area contributed by atoms with E-state index in [0.29, 0.717) is 20.8 Å². The molecule has 0 aromatic heterocycles. The normalized spacial score (nSPS) is 22.9. The molecule has 94 valence electrons. The molecule has 1 atom stereocenters. The van der Waals surface area contributed by atoms with Crippen molar-refractivity contribution in [2.75, 3.05) is 17.2 Å². The van der Waals surface area contributed by atoms with Crippen molar-refractivity contribution < 1.29 is 4.79 Å². The van der Waals surface area contributed by atoms with Gasteiger partial charge < -0.3 is 4.90 Å². The SMILES string of the molecule is O=C1C2SCCN2C(=S)N1c1cc(Cl)cc(Cl)c1. The van der Waals surface area contributed by atoms with Gasteiger partial charge in [-0.2, -0.15) is 0 Å². The zero-order valence-corrected chi connectivity index (χ0v) is 12.2. The molecule has 0 bridgehead atoms. The molecule has 1 aromatic carbocycles. The first-order chi connectivity index (χ1) is 8.58. The third kappa shape index (κ3) is 1.90. The van der Waals surface area contributed by atoms with Crippen LogP contribution in [-0.4, -0.2) is 33.6 Å². The van der Waals surface area contributed by atoms with Crippen LogP contribution in [0.1, 0.15) is 0 Å². The molecular weight excluding hydrogens is 311 g/mol. The molecule has 1 aromatic rings. The van der Waals surface area contributed by atoms with E-state index in [-0.39, 0.29) is 11.3 Å².